The largest absolute Gasteiger partial charge is 0.449 e. The number of amides is 1. The maximum atomic E-state index is 11.4. The van der Waals surface area contributed by atoms with Crippen molar-refractivity contribution in [2.24, 2.45) is 5.41 Å². The SMILES string of the molecule is Cc1ccc(C)c([C@@H]2NC(=O)OCC2(C)C)c1.Cl. The van der Waals surface area contributed by atoms with Crippen LogP contribution in [0.1, 0.15) is 36.6 Å². The van der Waals surface area contributed by atoms with Gasteiger partial charge in [0.1, 0.15) is 6.61 Å². The molecule has 1 saturated heterocycles. The average molecular weight is 270 g/mol. The summed E-state index contributed by atoms with van der Waals surface area (Å²) in [6.07, 6.45) is -0.324. The average Bonchev–Trinajstić information content (AvgIpc) is 2.26. The van der Waals surface area contributed by atoms with E-state index in [2.05, 4.69) is 51.2 Å². The molecule has 0 aromatic heterocycles. The molecule has 1 aliphatic rings. The van der Waals surface area contributed by atoms with Gasteiger partial charge in [0.2, 0.25) is 0 Å². The van der Waals surface area contributed by atoms with Gasteiger partial charge in [0, 0.05) is 5.41 Å². The van der Waals surface area contributed by atoms with Crippen LogP contribution < -0.4 is 5.32 Å². The normalized spacial score (nSPS) is 21.6. The van der Waals surface area contributed by atoms with Crippen LogP contribution in [0, 0.1) is 19.3 Å². The fourth-order valence-electron chi connectivity index (χ4n) is 2.26. The molecule has 1 N–H and O–H groups in total. The molecule has 100 valence electrons. The van der Waals surface area contributed by atoms with Crippen LogP contribution >= 0.6 is 12.4 Å². The summed E-state index contributed by atoms with van der Waals surface area (Å²) >= 11 is 0. The molecule has 3 nitrogen and oxygen atoms in total. The van der Waals surface area contributed by atoms with Gasteiger partial charge in [0.15, 0.2) is 0 Å². The lowest BCUT2D eigenvalue weighted by atomic mass is 9.78. The molecule has 2 rings (SSSR count). The summed E-state index contributed by atoms with van der Waals surface area (Å²) < 4.78 is 5.06. The summed E-state index contributed by atoms with van der Waals surface area (Å²) in [5.74, 6) is 0. The Hall–Kier alpha value is -1.22. The second kappa shape index (κ2) is 5.19. The van der Waals surface area contributed by atoms with Crippen LogP contribution in [0.4, 0.5) is 4.79 Å². The highest BCUT2D eigenvalue weighted by molar-refractivity contribution is 5.85. The lowest BCUT2D eigenvalue weighted by Gasteiger charge is -2.39. The van der Waals surface area contributed by atoms with Gasteiger partial charge in [-0.05, 0) is 25.0 Å². The van der Waals surface area contributed by atoms with E-state index in [-0.39, 0.29) is 30.0 Å². The van der Waals surface area contributed by atoms with Gasteiger partial charge in [-0.1, -0.05) is 37.6 Å². The first-order chi connectivity index (χ1) is 7.90. The zero-order valence-corrected chi connectivity index (χ0v) is 12.1. The van der Waals surface area contributed by atoms with Gasteiger partial charge < -0.3 is 10.1 Å². The van der Waals surface area contributed by atoms with Crippen molar-refractivity contribution < 1.29 is 9.53 Å². The van der Waals surface area contributed by atoms with Crippen molar-refractivity contribution in [2.75, 3.05) is 6.61 Å². The number of aryl methyl sites for hydroxylation is 2. The summed E-state index contributed by atoms with van der Waals surface area (Å²) in [5, 5.41) is 2.93. The van der Waals surface area contributed by atoms with Crippen LogP contribution in [0.5, 0.6) is 0 Å². The van der Waals surface area contributed by atoms with E-state index in [0.29, 0.717) is 6.61 Å². The molecule has 4 heteroatoms. The van der Waals surface area contributed by atoms with E-state index in [1.54, 1.807) is 0 Å². The molecule has 1 amide bonds. The summed E-state index contributed by atoms with van der Waals surface area (Å²) in [6.45, 7) is 8.82. The number of nitrogens with one attached hydrogen (secondary N) is 1. The molecule has 0 bridgehead atoms. The summed E-state index contributed by atoms with van der Waals surface area (Å²) in [5.41, 5.74) is 3.51. The number of benzene rings is 1. The summed E-state index contributed by atoms with van der Waals surface area (Å²) in [4.78, 5) is 11.4. The van der Waals surface area contributed by atoms with E-state index in [0.717, 1.165) is 0 Å². The third-order valence-corrected chi connectivity index (χ3v) is 3.36. The lowest BCUT2D eigenvalue weighted by Crippen LogP contribution is -2.47. The molecule has 1 aromatic rings. The van der Waals surface area contributed by atoms with Crippen LogP contribution in [-0.4, -0.2) is 12.7 Å². The maximum absolute atomic E-state index is 11.4. The van der Waals surface area contributed by atoms with Gasteiger partial charge in [-0.25, -0.2) is 4.79 Å². The van der Waals surface area contributed by atoms with Crippen LogP contribution in [0.3, 0.4) is 0 Å². The second-order valence-corrected chi connectivity index (χ2v) is 5.50. The highest BCUT2D eigenvalue weighted by Crippen LogP contribution is 2.37. The van der Waals surface area contributed by atoms with E-state index < -0.39 is 0 Å². The van der Waals surface area contributed by atoms with Gasteiger partial charge in [-0.15, -0.1) is 12.4 Å². The van der Waals surface area contributed by atoms with Crippen molar-refractivity contribution in [3.63, 3.8) is 0 Å². The highest BCUT2D eigenvalue weighted by Gasteiger charge is 2.38. The molecule has 0 aliphatic carbocycles. The summed E-state index contributed by atoms with van der Waals surface area (Å²) in [7, 11) is 0. The molecule has 0 radical (unpaired) electrons. The smallest absolute Gasteiger partial charge is 0.407 e. The number of carbonyl (C=O) groups excluding carboxylic acids is 1. The minimum absolute atomic E-state index is 0. The van der Waals surface area contributed by atoms with Crippen LogP contribution in [-0.2, 0) is 4.74 Å². The quantitative estimate of drug-likeness (QED) is 0.847. The Kier molecular flexibility index (Phi) is 4.28. The van der Waals surface area contributed by atoms with Gasteiger partial charge >= 0.3 is 6.09 Å². The van der Waals surface area contributed by atoms with E-state index in [1.165, 1.54) is 16.7 Å². The molecule has 18 heavy (non-hydrogen) atoms. The lowest BCUT2D eigenvalue weighted by molar-refractivity contribution is 0.0385. The van der Waals surface area contributed by atoms with Crippen molar-refractivity contribution >= 4 is 18.5 Å². The fraction of sp³-hybridized carbons (Fsp3) is 0.500. The number of hydrogen-bond donors (Lipinski definition) is 1. The van der Waals surface area contributed by atoms with E-state index >= 15 is 0 Å². The van der Waals surface area contributed by atoms with Crippen molar-refractivity contribution in [3.05, 3.63) is 34.9 Å². The fourth-order valence-corrected chi connectivity index (χ4v) is 2.26. The minimum atomic E-state index is -0.324. The molecule has 0 spiro atoms. The molecule has 1 aromatic carbocycles. The Morgan fingerprint density at radius 3 is 2.67 bits per heavy atom. The van der Waals surface area contributed by atoms with Crippen LogP contribution in [0.15, 0.2) is 18.2 Å². The Bertz CT molecular complexity index is 457. The zero-order chi connectivity index (χ0) is 12.6. The Morgan fingerprint density at radius 1 is 1.33 bits per heavy atom. The van der Waals surface area contributed by atoms with Gasteiger partial charge in [-0.2, -0.15) is 0 Å². The molecule has 1 heterocycles. The molecular formula is C14H20ClNO2. The predicted molar refractivity (Wildman–Crippen MR) is 74.2 cm³/mol. The van der Waals surface area contributed by atoms with Gasteiger partial charge in [0.25, 0.3) is 0 Å². The van der Waals surface area contributed by atoms with E-state index in [9.17, 15) is 4.79 Å². The number of alkyl carbamates (subject to hydrolysis) is 1. The number of hydrogen-bond acceptors (Lipinski definition) is 2. The van der Waals surface area contributed by atoms with Crippen molar-refractivity contribution in [1.82, 2.24) is 5.32 Å². The highest BCUT2D eigenvalue weighted by atomic mass is 35.5. The Balaban J connectivity index is 0.00000162. The van der Waals surface area contributed by atoms with Crippen LogP contribution in [0.25, 0.3) is 0 Å². The number of rotatable bonds is 1. The maximum Gasteiger partial charge on any atom is 0.407 e. The first kappa shape index (κ1) is 14.8. The molecule has 1 fully saturated rings. The number of halogens is 1. The zero-order valence-electron chi connectivity index (χ0n) is 11.2. The number of carbonyl (C=O) groups is 1. The molecule has 0 unspecified atom stereocenters. The molecular weight excluding hydrogens is 250 g/mol. The van der Waals surface area contributed by atoms with Crippen molar-refractivity contribution in [3.8, 4) is 0 Å². The molecule has 1 atom stereocenters. The monoisotopic (exact) mass is 269 g/mol. The molecule has 1 aliphatic heterocycles. The first-order valence-electron chi connectivity index (χ1n) is 5.90. The predicted octanol–water partition coefficient (Wildman–Crippen LogP) is 3.53. The topological polar surface area (TPSA) is 38.3 Å². The number of cyclic esters (lactones) is 1. The first-order valence-corrected chi connectivity index (χ1v) is 5.90. The minimum Gasteiger partial charge on any atom is -0.449 e. The van der Waals surface area contributed by atoms with E-state index in [4.69, 9.17) is 4.74 Å². The molecule has 0 saturated carbocycles. The van der Waals surface area contributed by atoms with E-state index in [1.807, 2.05) is 0 Å². The summed E-state index contributed by atoms with van der Waals surface area (Å²) in [6, 6.07) is 6.35. The van der Waals surface area contributed by atoms with Crippen LogP contribution in [0.2, 0.25) is 0 Å². The second-order valence-electron chi connectivity index (χ2n) is 5.50. The number of ether oxygens (including phenoxy) is 1. The third-order valence-electron chi connectivity index (χ3n) is 3.36. The standard InChI is InChI=1S/C14H19NO2.ClH/c1-9-5-6-10(2)11(7-9)12-14(3,4)8-17-13(16)15-12;/h5-7,12H,8H2,1-4H3,(H,15,16);1H/t12-;/m0./s1. The van der Waals surface area contributed by atoms with Crippen molar-refractivity contribution in [1.29, 1.82) is 0 Å². The third kappa shape index (κ3) is 2.78. The van der Waals surface area contributed by atoms with Gasteiger partial charge in [0.05, 0.1) is 6.04 Å². The Labute approximate surface area is 114 Å². The van der Waals surface area contributed by atoms with Crippen molar-refractivity contribution in [2.45, 2.75) is 33.7 Å². The van der Waals surface area contributed by atoms with Gasteiger partial charge in [-0.3, -0.25) is 0 Å². The Morgan fingerprint density at radius 2 is 2.00 bits per heavy atom.